The van der Waals surface area contributed by atoms with Gasteiger partial charge in [0.15, 0.2) is 6.29 Å². The van der Waals surface area contributed by atoms with Gasteiger partial charge in [0.25, 0.3) is 0 Å². The van der Waals surface area contributed by atoms with Gasteiger partial charge in [-0.15, -0.1) is 0 Å². The standard InChI is InChI=1S/C18H25N3O.C7H7NO2/c1-19-12-16-9-15-8-14(11-20-10-13-4-3-5-13)6-7-17(15)18(21-16)22-2;1-10-7-2-6(5-9)3-8-4-7/h6-9,13,19-20H,3-5,10-12H2,1-2H3;2-5H,1H3. The van der Waals surface area contributed by atoms with Gasteiger partial charge in [-0.25, -0.2) is 4.98 Å². The van der Waals surface area contributed by atoms with Gasteiger partial charge in [0.2, 0.25) is 5.88 Å². The summed E-state index contributed by atoms with van der Waals surface area (Å²) in [5.41, 5.74) is 2.85. The molecular formula is C25H32N4O3. The van der Waals surface area contributed by atoms with Crippen LogP contribution in [0.4, 0.5) is 0 Å². The second-order valence-electron chi connectivity index (χ2n) is 7.91. The van der Waals surface area contributed by atoms with E-state index in [9.17, 15) is 4.79 Å². The number of hydrogen-bond acceptors (Lipinski definition) is 7. The average Bonchev–Trinajstić information content (AvgIpc) is 2.80. The maximum Gasteiger partial charge on any atom is 0.221 e. The number of carbonyl (C=O) groups excluding carboxylic acids is 1. The van der Waals surface area contributed by atoms with Crippen LogP contribution in [-0.2, 0) is 13.1 Å². The highest BCUT2D eigenvalue weighted by Gasteiger charge is 2.16. The molecule has 1 aliphatic rings. The van der Waals surface area contributed by atoms with Gasteiger partial charge in [0, 0.05) is 30.2 Å². The number of benzene rings is 1. The van der Waals surface area contributed by atoms with Crippen molar-refractivity contribution in [2.24, 2.45) is 5.92 Å². The number of aromatic nitrogens is 2. The van der Waals surface area contributed by atoms with E-state index < -0.39 is 0 Å². The Balaban J connectivity index is 0.000000243. The molecule has 1 saturated carbocycles. The molecule has 1 aliphatic carbocycles. The van der Waals surface area contributed by atoms with Crippen LogP contribution in [0.15, 0.2) is 42.7 Å². The highest BCUT2D eigenvalue weighted by molar-refractivity contribution is 5.87. The van der Waals surface area contributed by atoms with Gasteiger partial charge >= 0.3 is 0 Å². The number of carbonyl (C=O) groups is 1. The largest absolute Gasteiger partial charge is 0.495 e. The van der Waals surface area contributed by atoms with Gasteiger partial charge in [-0.2, -0.15) is 0 Å². The molecule has 4 rings (SSSR count). The van der Waals surface area contributed by atoms with E-state index in [1.807, 2.05) is 7.05 Å². The molecule has 2 N–H and O–H groups in total. The fourth-order valence-corrected chi connectivity index (χ4v) is 3.60. The Morgan fingerprint density at radius 1 is 1.09 bits per heavy atom. The monoisotopic (exact) mass is 436 g/mol. The van der Waals surface area contributed by atoms with Gasteiger partial charge in [-0.3, -0.25) is 9.78 Å². The van der Waals surface area contributed by atoms with E-state index >= 15 is 0 Å². The molecule has 0 unspecified atom stereocenters. The second kappa shape index (κ2) is 12.1. The van der Waals surface area contributed by atoms with Crippen LogP contribution in [0.1, 0.15) is 40.9 Å². The van der Waals surface area contributed by atoms with E-state index in [2.05, 4.69) is 44.9 Å². The Morgan fingerprint density at radius 3 is 2.59 bits per heavy atom. The minimum Gasteiger partial charge on any atom is -0.495 e. The third-order valence-corrected chi connectivity index (χ3v) is 5.56. The molecule has 32 heavy (non-hydrogen) atoms. The summed E-state index contributed by atoms with van der Waals surface area (Å²) in [6.45, 7) is 2.82. The van der Waals surface area contributed by atoms with Crippen molar-refractivity contribution in [3.8, 4) is 11.6 Å². The minimum atomic E-state index is 0.527. The molecule has 7 heteroatoms. The Bertz CT molecular complexity index is 1020. The molecular weight excluding hydrogens is 404 g/mol. The summed E-state index contributed by atoms with van der Waals surface area (Å²) in [5, 5.41) is 8.99. The van der Waals surface area contributed by atoms with E-state index in [0.29, 0.717) is 17.2 Å². The lowest BCUT2D eigenvalue weighted by Gasteiger charge is -2.25. The lowest BCUT2D eigenvalue weighted by molar-refractivity contribution is 0.112. The van der Waals surface area contributed by atoms with Crippen LogP contribution in [0, 0.1) is 5.92 Å². The first kappa shape index (κ1) is 23.6. The van der Waals surface area contributed by atoms with Crippen molar-refractivity contribution < 1.29 is 14.3 Å². The minimum absolute atomic E-state index is 0.527. The first-order chi connectivity index (χ1) is 15.7. The molecule has 2 aromatic heterocycles. The molecule has 1 aromatic carbocycles. The van der Waals surface area contributed by atoms with Crippen LogP contribution in [-0.4, -0.2) is 44.1 Å². The van der Waals surface area contributed by atoms with Gasteiger partial charge < -0.3 is 20.1 Å². The van der Waals surface area contributed by atoms with Crippen LogP contribution in [0.3, 0.4) is 0 Å². The summed E-state index contributed by atoms with van der Waals surface area (Å²) < 4.78 is 10.3. The van der Waals surface area contributed by atoms with Crippen LogP contribution in [0.2, 0.25) is 0 Å². The smallest absolute Gasteiger partial charge is 0.221 e. The Hall–Kier alpha value is -3.03. The molecule has 0 bridgehead atoms. The van der Waals surface area contributed by atoms with Gasteiger partial charge in [-0.05, 0) is 67.6 Å². The summed E-state index contributed by atoms with van der Waals surface area (Å²) in [6.07, 6.45) is 7.95. The van der Waals surface area contributed by atoms with Gasteiger partial charge in [0.05, 0.1) is 26.1 Å². The lowest BCUT2D eigenvalue weighted by Crippen LogP contribution is -2.26. The molecule has 0 aliphatic heterocycles. The third-order valence-electron chi connectivity index (χ3n) is 5.56. The number of nitrogens with one attached hydrogen (secondary N) is 2. The van der Waals surface area contributed by atoms with E-state index in [4.69, 9.17) is 9.47 Å². The molecule has 0 amide bonds. The fraction of sp³-hybridized carbons (Fsp3) is 0.400. The number of aldehydes is 1. The van der Waals surface area contributed by atoms with Crippen LogP contribution < -0.4 is 20.1 Å². The summed E-state index contributed by atoms with van der Waals surface area (Å²) in [5.74, 6) is 2.20. The summed E-state index contributed by atoms with van der Waals surface area (Å²) in [4.78, 5) is 18.5. The molecule has 3 aromatic rings. The SMILES string of the molecule is CNCc1cc2cc(CNCC3CCC3)ccc2c(OC)n1.COc1cncc(C=O)c1. The number of pyridine rings is 2. The molecule has 1 fully saturated rings. The lowest BCUT2D eigenvalue weighted by atomic mass is 9.85. The van der Waals surface area contributed by atoms with Gasteiger partial charge in [0.1, 0.15) is 5.75 Å². The van der Waals surface area contributed by atoms with E-state index in [-0.39, 0.29) is 0 Å². The number of ether oxygens (including phenoxy) is 2. The molecule has 0 radical (unpaired) electrons. The first-order valence-corrected chi connectivity index (χ1v) is 10.9. The summed E-state index contributed by atoms with van der Waals surface area (Å²) >= 11 is 0. The van der Waals surface area contributed by atoms with Crippen LogP contribution >= 0.6 is 0 Å². The molecule has 0 spiro atoms. The molecule has 0 atom stereocenters. The predicted molar refractivity (Wildman–Crippen MR) is 126 cm³/mol. The highest BCUT2D eigenvalue weighted by atomic mass is 16.5. The van der Waals surface area contributed by atoms with Crippen molar-refractivity contribution in [1.82, 2.24) is 20.6 Å². The summed E-state index contributed by atoms with van der Waals surface area (Å²) in [7, 11) is 5.14. The predicted octanol–water partition coefficient (Wildman–Crippen LogP) is 3.76. The number of hydrogen-bond donors (Lipinski definition) is 2. The molecule has 2 heterocycles. The maximum atomic E-state index is 10.2. The van der Waals surface area contributed by atoms with E-state index in [0.717, 1.165) is 42.9 Å². The average molecular weight is 437 g/mol. The van der Waals surface area contributed by atoms with E-state index in [1.54, 1.807) is 19.4 Å². The van der Waals surface area contributed by atoms with Crippen molar-refractivity contribution >= 4 is 17.1 Å². The molecule has 170 valence electrons. The fourth-order valence-electron chi connectivity index (χ4n) is 3.60. The van der Waals surface area contributed by atoms with Crippen LogP contribution in [0.25, 0.3) is 10.8 Å². The number of nitrogens with zero attached hydrogens (tertiary/aromatic N) is 2. The van der Waals surface area contributed by atoms with Crippen molar-refractivity contribution in [1.29, 1.82) is 0 Å². The van der Waals surface area contributed by atoms with Crippen molar-refractivity contribution in [2.75, 3.05) is 27.8 Å². The second-order valence-corrected chi connectivity index (χ2v) is 7.91. The molecule has 0 saturated heterocycles. The van der Waals surface area contributed by atoms with E-state index in [1.165, 1.54) is 43.5 Å². The Morgan fingerprint density at radius 2 is 1.94 bits per heavy atom. The normalized spacial score (nSPS) is 13.1. The maximum absolute atomic E-state index is 10.2. The Kier molecular flexibility index (Phi) is 8.95. The zero-order valence-electron chi connectivity index (χ0n) is 19.1. The number of fused-ring (bicyclic) bond motifs is 1. The first-order valence-electron chi connectivity index (χ1n) is 10.9. The van der Waals surface area contributed by atoms with Crippen molar-refractivity contribution in [3.63, 3.8) is 0 Å². The number of methoxy groups -OCH3 is 2. The van der Waals surface area contributed by atoms with Crippen LogP contribution in [0.5, 0.6) is 11.6 Å². The van der Waals surface area contributed by atoms with Gasteiger partial charge in [-0.1, -0.05) is 12.5 Å². The zero-order chi connectivity index (χ0) is 22.8. The zero-order valence-corrected chi connectivity index (χ0v) is 19.1. The topological polar surface area (TPSA) is 85.4 Å². The number of rotatable bonds is 9. The third kappa shape index (κ3) is 6.48. The molecule has 7 nitrogen and oxygen atoms in total. The summed E-state index contributed by atoms with van der Waals surface area (Å²) in [6, 6.07) is 10.3. The highest BCUT2D eigenvalue weighted by Crippen LogP contribution is 2.27. The van der Waals surface area contributed by atoms with Crippen molar-refractivity contribution in [2.45, 2.75) is 32.4 Å². The Labute approximate surface area is 189 Å². The van der Waals surface area contributed by atoms with Crippen molar-refractivity contribution in [3.05, 3.63) is 59.5 Å². The quantitative estimate of drug-likeness (QED) is 0.494.